The molecule has 2 amide bonds. The van der Waals surface area contributed by atoms with Gasteiger partial charge in [0.25, 0.3) is 0 Å². The first-order chi connectivity index (χ1) is 15.0. The van der Waals surface area contributed by atoms with Gasteiger partial charge in [-0.25, -0.2) is 0 Å². The quantitative estimate of drug-likeness (QED) is 0.628. The summed E-state index contributed by atoms with van der Waals surface area (Å²) >= 11 is 3.51. The molecule has 0 unspecified atom stereocenters. The molecule has 7 nitrogen and oxygen atoms in total. The standard InChI is InChI=1S/C23H29BrN4O3/c1-16(29)26-23(12-4-2-3-5-13-23)22-25-20(31-27-22)10-11-21(30)28-14-6-7-17-15-18(24)8-9-19(17)28/h8-9,15H,2-7,10-14H2,1H3,(H,26,29). The van der Waals surface area contributed by atoms with E-state index in [4.69, 9.17) is 4.52 Å². The number of carbonyl (C=O) groups excluding carboxylic acids is 2. The summed E-state index contributed by atoms with van der Waals surface area (Å²) in [7, 11) is 0. The molecule has 1 fully saturated rings. The summed E-state index contributed by atoms with van der Waals surface area (Å²) in [6.07, 6.45) is 8.60. The summed E-state index contributed by atoms with van der Waals surface area (Å²) < 4.78 is 6.53. The lowest BCUT2D eigenvalue weighted by Gasteiger charge is -2.30. The van der Waals surface area contributed by atoms with E-state index in [-0.39, 0.29) is 11.8 Å². The number of rotatable bonds is 5. The number of anilines is 1. The Morgan fingerprint density at radius 2 is 1.97 bits per heavy atom. The Kier molecular flexibility index (Phi) is 6.74. The molecule has 1 saturated carbocycles. The number of fused-ring (bicyclic) bond motifs is 1. The summed E-state index contributed by atoms with van der Waals surface area (Å²) in [4.78, 5) is 31.3. The van der Waals surface area contributed by atoms with E-state index in [1.165, 1.54) is 12.5 Å². The van der Waals surface area contributed by atoms with Crippen LogP contribution in [0.1, 0.15) is 75.6 Å². The Morgan fingerprint density at radius 1 is 1.19 bits per heavy atom. The second-order valence-corrected chi connectivity index (χ2v) is 9.53. The average Bonchev–Trinajstić information content (AvgIpc) is 3.11. The van der Waals surface area contributed by atoms with Crippen molar-refractivity contribution in [2.24, 2.45) is 0 Å². The molecule has 0 spiro atoms. The zero-order valence-corrected chi connectivity index (χ0v) is 19.5. The van der Waals surface area contributed by atoms with Crippen molar-refractivity contribution in [1.82, 2.24) is 15.5 Å². The van der Waals surface area contributed by atoms with Crippen molar-refractivity contribution in [2.45, 2.75) is 76.7 Å². The Balaban J connectivity index is 1.45. The van der Waals surface area contributed by atoms with E-state index in [1.807, 2.05) is 17.0 Å². The zero-order valence-electron chi connectivity index (χ0n) is 18.0. The van der Waals surface area contributed by atoms with Crippen molar-refractivity contribution in [3.63, 3.8) is 0 Å². The highest BCUT2D eigenvalue weighted by Gasteiger charge is 2.38. The molecular weight excluding hydrogens is 460 g/mol. The maximum atomic E-state index is 12.9. The number of benzene rings is 1. The van der Waals surface area contributed by atoms with E-state index in [0.717, 1.165) is 68.1 Å². The number of aryl methyl sites for hydroxylation is 2. The molecule has 2 aromatic rings. The van der Waals surface area contributed by atoms with Crippen LogP contribution in [0.15, 0.2) is 27.2 Å². The first-order valence-corrected chi connectivity index (χ1v) is 12.0. The van der Waals surface area contributed by atoms with Gasteiger partial charge in [0.2, 0.25) is 17.7 Å². The van der Waals surface area contributed by atoms with Crippen molar-refractivity contribution in [3.8, 4) is 0 Å². The molecule has 2 aliphatic rings. The van der Waals surface area contributed by atoms with Crippen LogP contribution in [0.4, 0.5) is 5.69 Å². The molecule has 0 bridgehead atoms. The number of amides is 2. The molecule has 8 heteroatoms. The van der Waals surface area contributed by atoms with Crippen molar-refractivity contribution >= 4 is 33.4 Å². The lowest BCUT2D eigenvalue weighted by atomic mass is 9.89. The van der Waals surface area contributed by atoms with Crippen LogP contribution in [0.2, 0.25) is 0 Å². The van der Waals surface area contributed by atoms with E-state index in [9.17, 15) is 9.59 Å². The summed E-state index contributed by atoms with van der Waals surface area (Å²) in [6, 6.07) is 6.07. The maximum Gasteiger partial charge on any atom is 0.227 e. The minimum atomic E-state index is -0.562. The van der Waals surface area contributed by atoms with Gasteiger partial charge in [-0.15, -0.1) is 0 Å². The summed E-state index contributed by atoms with van der Waals surface area (Å²) in [6.45, 7) is 2.26. The van der Waals surface area contributed by atoms with Crippen LogP contribution in [0, 0.1) is 0 Å². The SMILES string of the molecule is CC(=O)NC1(c2noc(CCC(=O)N3CCCc4cc(Br)ccc43)n2)CCCCCC1. The van der Waals surface area contributed by atoms with Crippen LogP contribution >= 0.6 is 15.9 Å². The minimum Gasteiger partial charge on any atom is -0.343 e. The number of aromatic nitrogens is 2. The van der Waals surface area contributed by atoms with Crippen molar-refractivity contribution < 1.29 is 14.1 Å². The Hall–Kier alpha value is -2.22. The monoisotopic (exact) mass is 488 g/mol. The van der Waals surface area contributed by atoms with E-state index in [1.54, 1.807) is 0 Å². The van der Waals surface area contributed by atoms with Gasteiger partial charge in [0.1, 0.15) is 5.54 Å². The molecule has 0 atom stereocenters. The number of nitrogens with zero attached hydrogens (tertiary/aromatic N) is 3. The van der Waals surface area contributed by atoms with E-state index in [0.29, 0.717) is 24.6 Å². The number of hydrogen-bond donors (Lipinski definition) is 1. The van der Waals surface area contributed by atoms with Gasteiger partial charge in [0.15, 0.2) is 5.82 Å². The fourth-order valence-electron chi connectivity index (χ4n) is 4.80. The molecule has 0 radical (unpaired) electrons. The van der Waals surface area contributed by atoms with Gasteiger partial charge >= 0.3 is 0 Å². The van der Waals surface area contributed by atoms with Crippen molar-refractivity contribution in [1.29, 1.82) is 0 Å². The molecule has 166 valence electrons. The van der Waals surface area contributed by atoms with Gasteiger partial charge in [-0.1, -0.05) is 46.8 Å². The fourth-order valence-corrected chi connectivity index (χ4v) is 5.21. The predicted octanol–water partition coefficient (Wildman–Crippen LogP) is 4.43. The number of carbonyl (C=O) groups is 2. The molecule has 31 heavy (non-hydrogen) atoms. The summed E-state index contributed by atoms with van der Waals surface area (Å²) in [5.74, 6) is 0.971. The normalized spacial score (nSPS) is 18.2. The molecule has 0 saturated heterocycles. The minimum absolute atomic E-state index is 0.0639. The van der Waals surface area contributed by atoms with Gasteiger partial charge in [-0.05, 0) is 49.4 Å². The van der Waals surface area contributed by atoms with E-state index in [2.05, 4.69) is 37.5 Å². The first-order valence-electron chi connectivity index (χ1n) is 11.2. The van der Waals surface area contributed by atoms with Gasteiger partial charge < -0.3 is 14.7 Å². The van der Waals surface area contributed by atoms with Gasteiger partial charge in [-0.3, -0.25) is 9.59 Å². The van der Waals surface area contributed by atoms with Crippen LogP contribution in [-0.2, 0) is 28.0 Å². The van der Waals surface area contributed by atoms with E-state index >= 15 is 0 Å². The van der Waals surface area contributed by atoms with Crippen molar-refractivity contribution in [2.75, 3.05) is 11.4 Å². The fraction of sp³-hybridized carbons (Fsp3) is 0.565. The van der Waals surface area contributed by atoms with Crippen LogP contribution in [0.25, 0.3) is 0 Å². The molecule has 2 heterocycles. The lowest BCUT2D eigenvalue weighted by Crippen LogP contribution is -2.45. The maximum absolute atomic E-state index is 12.9. The molecule has 1 aromatic carbocycles. The van der Waals surface area contributed by atoms with Gasteiger partial charge in [-0.2, -0.15) is 4.98 Å². The average molecular weight is 489 g/mol. The second kappa shape index (κ2) is 9.51. The van der Waals surface area contributed by atoms with Crippen LogP contribution in [0.3, 0.4) is 0 Å². The largest absolute Gasteiger partial charge is 0.343 e. The Bertz CT molecular complexity index is 950. The predicted molar refractivity (Wildman–Crippen MR) is 121 cm³/mol. The summed E-state index contributed by atoms with van der Waals surface area (Å²) in [5, 5.41) is 7.31. The number of halogens is 1. The third-order valence-electron chi connectivity index (χ3n) is 6.28. The van der Waals surface area contributed by atoms with E-state index < -0.39 is 5.54 Å². The Labute approximate surface area is 191 Å². The number of nitrogens with one attached hydrogen (secondary N) is 1. The highest BCUT2D eigenvalue weighted by atomic mass is 79.9. The first kappa shape index (κ1) is 22.0. The lowest BCUT2D eigenvalue weighted by molar-refractivity contribution is -0.121. The number of hydrogen-bond acceptors (Lipinski definition) is 5. The Morgan fingerprint density at radius 3 is 2.71 bits per heavy atom. The molecule has 1 N–H and O–H groups in total. The van der Waals surface area contributed by atoms with Gasteiger partial charge in [0.05, 0.1) is 0 Å². The third-order valence-corrected chi connectivity index (χ3v) is 6.78. The summed E-state index contributed by atoms with van der Waals surface area (Å²) in [5.41, 5.74) is 1.63. The van der Waals surface area contributed by atoms with Crippen LogP contribution < -0.4 is 10.2 Å². The molecular formula is C23H29BrN4O3. The highest BCUT2D eigenvalue weighted by molar-refractivity contribution is 9.10. The van der Waals surface area contributed by atoms with Gasteiger partial charge in [0, 0.05) is 36.5 Å². The highest BCUT2D eigenvalue weighted by Crippen LogP contribution is 2.35. The third kappa shape index (κ3) is 5.00. The molecule has 1 aromatic heterocycles. The molecule has 1 aliphatic carbocycles. The smallest absolute Gasteiger partial charge is 0.227 e. The van der Waals surface area contributed by atoms with Crippen LogP contribution in [0.5, 0.6) is 0 Å². The molecule has 1 aliphatic heterocycles. The van der Waals surface area contributed by atoms with Crippen LogP contribution in [-0.4, -0.2) is 28.5 Å². The molecule has 4 rings (SSSR count). The second-order valence-electron chi connectivity index (χ2n) is 8.61. The van der Waals surface area contributed by atoms with Crippen molar-refractivity contribution in [3.05, 3.63) is 40.0 Å². The zero-order chi connectivity index (χ0) is 21.8. The topological polar surface area (TPSA) is 88.3 Å².